The number of rotatable bonds is 4. The molecule has 2 bridgehead atoms. The summed E-state index contributed by atoms with van der Waals surface area (Å²) in [5.74, 6) is 0.600. The Labute approximate surface area is 167 Å². The Morgan fingerprint density at radius 1 is 0.607 bits per heavy atom. The van der Waals surface area contributed by atoms with Crippen LogP contribution in [0.1, 0.15) is 70.2 Å². The highest BCUT2D eigenvalue weighted by Gasteiger charge is 2.43. The summed E-state index contributed by atoms with van der Waals surface area (Å²) >= 11 is 0. The number of hydrogen-bond donors (Lipinski definition) is 2. The summed E-state index contributed by atoms with van der Waals surface area (Å²) in [6, 6.07) is 23.0. The minimum atomic E-state index is 0.158. The molecule has 0 heterocycles. The summed E-state index contributed by atoms with van der Waals surface area (Å²) in [5, 5.41) is 0. The van der Waals surface area contributed by atoms with E-state index in [1.807, 2.05) is 0 Å². The van der Waals surface area contributed by atoms with E-state index in [0.29, 0.717) is 11.8 Å². The lowest BCUT2D eigenvalue weighted by Gasteiger charge is -2.44. The van der Waals surface area contributed by atoms with E-state index in [1.54, 1.807) is 0 Å². The molecule has 2 nitrogen and oxygen atoms in total. The van der Waals surface area contributed by atoms with Gasteiger partial charge in [-0.2, -0.15) is 0 Å². The lowest BCUT2D eigenvalue weighted by molar-refractivity contribution is 0.682. The molecule has 4 atom stereocenters. The first-order chi connectivity index (χ1) is 13.6. The van der Waals surface area contributed by atoms with Crippen molar-refractivity contribution in [3.8, 4) is 0 Å². The maximum Gasteiger partial charge on any atom is 0.0352 e. The molecule has 0 radical (unpaired) electrons. The van der Waals surface area contributed by atoms with E-state index in [-0.39, 0.29) is 12.1 Å². The first-order valence-electron chi connectivity index (χ1n) is 10.4. The molecule has 3 aliphatic rings. The molecule has 6 rings (SSSR count). The Morgan fingerprint density at radius 2 is 1.00 bits per heavy atom. The zero-order valence-corrected chi connectivity index (χ0v) is 16.7. The molecular weight excluding hydrogens is 340 g/mol. The Balaban J connectivity index is 1.80. The second-order valence-corrected chi connectivity index (χ2v) is 8.70. The first kappa shape index (κ1) is 17.7. The second-order valence-electron chi connectivity index (χ2n) is 8.70. The van der Waals surface area contributed by atoms with Crippen molar-refractivity contribution in [2.75, 3.05) is 0 Å². The first-order valence-corrected chi connectivity index (χ1v) is 10.4. The van der Waals surface area contributed by atoms with Gasteiger partial charge in [-0.25, -0.2) is 0 Å². The van der Waals surface area contributed by atoms with Crippen LogP contribution in [0.3, 0.4) is 0 Å². The van der Waals surface area contributed by atoms with Gasteiger partial charge in [-0.3, -0.25) is 0 Å². The fraction of sp³-hybridized carbons (Fsp3) is 0.308. The highest BCUT2D eigenvalue weighted by atomic mass is 14.6. The van der Waals surface area contributed by atoms with Gasteiger partial charge in [-0.15, -0.1) is 0 Å². The van der Waals surface area contributed by atoms with Crippen molar-refractivity contribution in [2.24, 2.45) is 11.5 Å². The largest absolute Gasteiger partial charge is 0.328 e. The molecule has 0 saturated carbocycles. The van der Waals surface area contributed by atoms with E-state index >= 15 is 0 Å². The van der Waals surface area contributed by atoms with E-state index < -0.39 is 0 Å². The standard InChI is InChI=1S/C26H28N2/c1-15(27)13-17-7-5-11-21-23(17)25-19-9-3-4-10-20(19)26(21)24-18(14-16(2)28)8-6-12-22(24)25/h3-12,15-16,25-26H,13-14,27-28H2,1-2H3. The lowest BCUT2D eigenvalue weighted by Crippen LogP contribution is -2.31. The van der Waals surface area contributed by atoms with Crippen molar-refractivity contribution < 1.29 is 0 Å². The van der Waals surface area contributed by atoms with Gasteiger partial charge in [0, 0.05) is 23.9 Å². The molecule has 0 aliphatic heterocycles. The zero-order valence-electron chi connectivity index (χ0n) is 16.7. The fourth-order valence-electron chi connectivity index (χ4n) is 5.52. The summed E-state index contributed by atoms with van der Waals surface area (Å²) in [6.45, 7) is 4.20. The van der Waals surface area contributed by atoms with E-state index in [2.05, 4.69) is 74.5 Å². The third kappa shape index (κ3) is 2.56. The van der Waals surface area contributed by atoms with Crippen molar-refractivity contribution in [2.45, 2.75) is 50.6 Å². The molecule has 0 spiro atoms. The maximum atomic E-state index is 6.21. The molecule has 3 aromatic carbocycles. The van der Waals surface area contributed by atoms with Crippen LogP contribution in [-0.2, 0) is 12.8 Å². The highest BCUT2D eigenvalue weighted by molar-refractivity contribution is 5.70. The van der Waals surface area contributed by atoms with Gasteiger partial charge in [0.25, 0.3) is 0 Å². The Hall–Kier alpha value is -2.42. The van der Waals surface area contributed by atoms with Crippen LogP contribution in [0, 0.1) is 0 Å². The van der Waals surface area contributed by atoms with Crippen molar-refractivity contribution in [1.29, 1.82) is 0 Å². The quantitative estimate of drug-likeness (QED) is 0.492. The molecule has 3 aliphatic carbocycles. The summed E-state index contributed by atoms with van der Waals surface area (Å²) < 4.78 is 0. The summed E-state index contributed by atoms with van der Waals surface area (Å²) in [6.07, 6.45) is 1.84. The average Bonchev–Trinajstić information content (AvgIpc) is 2.67. The van der Waals surface area contributed by atoms with Crippen LogP contribution in [0.25, 0.3) is 0 Å². The van der Waals surface area contributed by atoms with Crippen LogP contribution in [0.4, 0.5) is 0 Å². The van der Waals surface area contributed by atoms with E-state index in [4.69, 9.17) is 11.5 Å². The Bertz CT molecular complexity index is 964. The maximum absolute atomic E-state index is 6.21. The highest BCUT2D eigenvalue weighted by Crippen LogP contribution is 2.57. The summed E-state index contributed by atoms with van der Waals surface area (Å²) in [7, 11) is 0. The van der Waals surface area contributed by atoms with Crippen molar-refractivity contribution >= 4 is 0 Å². The average molecular weight is 369 g/mol. The van der Waals surface area contributed by atoms with Crippen LogP contribution in [0.2, 0.25) is 0 Å². The minimum Gasteiger partial charge on any atom is -0.328 e. The van der Waals surface area contributed by atoms with Crippen molar-refractivity contribution in [3.63, 3.8) is 0 Å². The van der Waals surface area contributed by atoms with Crippen LogP contribution in [-0.4, -0.2) is 12.1 Å². The van der Waals surface area contributed by atoms with Gasteiger partial charge in [0.2, 0.25) is 0 Å². The van der Waals surface area contributed by atoms with E-state index in [1.165, 1.54) is 44.5 Å². The topological polar surface area (TPSA) is 52.0 Å². The second kappa shape index (κ2) is 6.58. The molecule has 0 fully saturated rings. The van der Waals surface area contributed by atoms with Crippen molar-refractivity contribution in [1.82, 2.24) is 0 Å². The third-order valence-electron chi connectivity index (χ3n) is 6.36. The molecule has 0 saturated heterocycles. The molecule has 4 unspecified atom stereocenters. The van der Waals surface area contributed by atoms with Crippen LogP contribution in [0.15, 0.2) is 60.7 Å². The van der Waals surface area contributed by atoms with E-state index in [0.717, 1.165) is 12.8 Å². The SMILES string of the molecule is CC(N)Cc1cccc2c1C1c3ccccc3C2c2c(CC(C)N)cccc21. The fourth-order valence-corrected chi connectivity index (χ4v) is 5.52. The van der Waals surface area contributed by atoms with Crippen molar-refractivity contribution in [3.05, 3.63) is 105 Å². The van der Waals surface area contributed by atoms with E-state index in [9.17, 15) is 0 Å². The number of hydrogen-bond acceptors (Lipinski definition) is 2. The number of benzene rings is 3. The third-order valence-corrected chi connectivity index (χ3v) is 6.36. The zero-order chi connectivity index (χ0) is 19.4. The molecule has 0 amide bonds. The Kier molecular flexibility index (Phi) is 4.15. The summed E-state index contributed by atoms with van der Waals surface area (Å²) in [4.78, 5) is 0. The predicted octanol–water partition coefficient (Wildman–Crippen LogP) is 4.45. The predicted molar refractivity (Wildman–Crippen MR) is 116 cm³/mol. The van der Waals surface area contributed by atoms with Gasteiger partial charge in [0.05, 0.1) is 0 Å². The van der Waals surface area contributed by atoms with Crippen LogP contribution < -0.4 is 11.5 Å². The van der Waals surface area contributed by atoms with Gasteiger partial charge in [0.1, 0.15) is 0 Å². The molecule has 4 N–H and O–H groups in total. The molecule has 3 aromatic rings. The molecule has 0 aromatic heterocycles. The molecule has 142 valence electrons. The van der Waals surface area contributed by atoms with Crippen LogP contribution >= 0.6 is 0 Å². The van der Waals surface area contributed by atoms with Gasteiger partial charge in [-0.05, 0) is 71.2 Å². The Morgan fingerprint density at radius 3 is 1.39 bits per heavy atom. The molecule has 2 heteroatoms. The van der Waals surface area contributed by atoms with Gasteiger partial charge in [-0.1, -0.05) is 60.7 Å². The van der Waals surface area contributed by atoms with Crippen LogP contribution in [0.5, 0.6) is 0 Å². The van der Waals surface area contributed by atoms with Gasteiger partial charge in [0.15, 0.2) is 0 Å². The smallest absolute Gasteiger partial charge is 0.0352 e. The lowest BCUT2D eigenvalue weighted by atomic mass is 9.59. The number of nitrogens with two attached hydrogens (primary N) is 2. The molecule has 28 heavy (non-hydrogen) atoms. The minimum absolute atomic E-state index is 0.158. The monoisotopic (exact) mass is 368 g/mol. The van der Waals surface area contributed by atoms with Gasteiger partial charge >= 0.3 is 0 Å². The normalized spacial score (nSPS) is 20.9. The van der Waals surface area contributed by atoms with Gasteiger partial charge < -0.3 is 11.5 Å². The summed E-state index contributed by atoms with van der Waals surface area (Å²) in [5.41, 5.74) is 24.1. The molecular formula is C26H28N2.